The fourth-order valence-electron chi connectivity index (χ4n) is 7.44. The number of carbonyl (C=O) groups is 3. The monoisotopic (exact) mass is 798 g/mol. The summed E-state index contributed by atoms with van der Waals surface area (Å²) in [6.07, 6.45) is 2.51. The molecule has 3 aromatic heterocycles. The lowest BCUT2D eigenvalue weighted by Gasteiger charge is -2.31. The summed E-state index contributed by atoms with van der Waals surface area (Å²) in [6.45, 7) is 3.20. The number of nitrogens with one attached hydrogen (secondary N) is 2. The van der Waals surface area contributed by atoms with Crippen LogP contribution in [0.1, 0.15) is 63.9 Å². The number of hydrogen-bond donors (Lipinski definition) is 2. The van der Waals surface area contributed by atoms with E-state index >= 15 is 0 Å². The molecule has 2 aromatic carbocycles. The van der Waals surface area contributed by atoms with E-state index in [-0.39, 0.29) is 42.2 Å². The summed E-state index contributed by atoms with van der Waals surface area (Å²) >= 11 is 7.16. The number of halogens is 1. The molecule has 1 aliphatic heterocycles. The van der Waals surface area contributed by atoms with E-state index in [1.165, 1.54) is 38.9 Å². The maximum Gasteiger partial charge on any atom is 0.519 e. The Kier molecular flexibility index (Phi) is 10.6. The summed E-state index contributed by atoms with van der Waals surface area (Å²) in [7, 11) is 4.27. The zero-order chi connectivity index (χ0) is 40.7. The van der Waals surface area contributed by atoms with E-state index < -0.39 is 35.1 Å². The molecule has 2 aliphatic rings. The zero-order valence-electron chi connectivity index (χ0n) is 31.8. The van der Waals surface area contributed by atoms with Crippen LogP contribution in [0.15, 0.2) is 71.9 Å². The first-order valence-electron chi connectivity index (χ1n) is 18.1. The van der Waals surface area contributed by atoms with Gasteiger partial charge >= 0.3 is 17.6 Å². The first kappa shape index (κ1) is 38.8. The topological polar surface area (TPSA) is 197 Å². The fraction of sp³-hybridized carbons (Fsp3) is 0.325. The van der Waals surface area contributed by atoms with Gasteiger partial charge in [0.05, 0.1) is 23.9 Å². The van der Waals surface area contributed by atoms with E-state index in [0.717, 1.165) is 15.7 Å². The van der Waals surface area contributed by atoms with Crippen LogP contribution >= 0.6 is 11.6 Å². The maximum absolute atomic E-state index is 13.8. The van der Waals surface area contributed by atoms with Crippen LogP contribution in [0.5, 0.6) is 5.88 Å². The highest BCUT2D eigenvalue weighted by molar-refractivity contribution is 6.36. The van der Waals surface area contributed by atoms with Gasteiger partial charge in [-0.05, 0) is 61.9 Å². The summed E-state index contributed by atoms with van der Waals surface area (Å²) in [6, 6.07) is 12.0. The first-order chi connectivity index (χ1) is 27.2. The van der Waals surface area contributed by atoms with Gasteiger partial charge in [-0.25, -0.2) is 19.4 Å². The van der Waals surface area contributed by atoms with E-state index in [4.69, 9.17) is 34.9 Å². The molecule has 1 aliphatic carbocycles. The van der Waals surface area contributed by atoms with Crippen molar-refractivity contribution in [3.63, 3.8) is 0 Å². The average Bonchev–Trinajstić information content (AvgIpc) is 3.90. The van der Waals surface area contributed by atoms with Crippen LogP contribution in [-0.2, 0) is 36.7 Å². The second-order valence-corrected chi connectivity index (χ2v) is 14.4. The van der Waals surface area contributed by atoms with Crippen LogP contribution in [0, 0.1) is 13.8 Å². The SMILES string of the molecule is COc1nc(-c2cccc(-c3cccc(NC(=O)c4cn(C)c(=O)n(C)c4=O)c3C)c2Cl)cc2c1[C@@H](N(CC1CCC(=O)N1)C(=O)OCc1oc(=O)oc1C)CC2. The standard InChI is InChI=1S/C40H39ClN6O10/c1-20-24(8-7-11-28(20)43-35(49)27-18-45(3)38(51)46(4)37(27)50)25-9-6-10-26(34(25)41)29-16-22-12-14-30(33(22)36(44-29)54-5)47(17-23-13-15-32(48)42-23)39(52)55-19-31-21(2)56-40(53)57-31/h6-11,16,18,23,30H,12-15,17,19H2,1-5H3,(H,42,48)(H,43,49)/t23?,30-/m0/s1. The molecule has 0 radical (unpaired) electrons. The quantitative estimate of drug-likeness (QED) is 0.197. The number of anilines is 1. The molecule has 0 bridgehead atoms. The largest absolute Gasteiger partial charge is 0.519 e. The van der Waals surface area contributed by atoms with E-state index in [1.807, 2.05) is 37.3 Å². The zero-order valence-corrected chi connectivity index (χ0v) is 32.5. The van der Waals surface area contributed by atoms with Crippen LogP contribution < -0.4 is 32.4 Å². The lowest BCUT2D eigenvalue weighted by atomic mass is 9.96. The van der Waals surface area contributed by atoms with Crippen molar-refractivity contribution in [2.45, 2.75) is 58.2 Å². The summed E-state index contributed by atoms with van der Waals surface area (Å²) in [5.41, 5.74) is 3.81. The third-order valence-electron chi connectivity index (χ3n) is 10.4. The van der Waals surface area contributed by atoms with Crippen molar-refractivity contribution in [2.75, 3.05) is 19.0 Å². The van der Waals surface area contributed by atoms with Crippen molar-refractivity contribution in [2.24, 2.45) is 14.1 Å². The minimum atomic E-state index is -0.896. The molecule has 2 atom stereocenters. The molecule has 2 N–H and O–H groups in total. The van der Waals surface area contributed by atoms with Gasteiger partial charge in [0.15, 0.2) is 18.1 Å². The van der Waals surface area contributed by atoms with Crippen LogP contribution in [0.25, 0.3) is 22.4 Å². The van der Waals surface area contributed by atoms with Gasteiger partial charge in [-0.1, -0.05) is 41.9 Å². The predicted molar refractivity (Wildman–Crippen MR) is 207 cm³/mol. The minimum absolute atomic E-state index is 0.0948. The van der Waals surface area contributed by atoms with Crippen molar-refractivity contribution in [1.82, 2.24) is 24.3 Å². The Morgan fingerprint density at radius 1 is 1.02 bits per heavy atom. The fourth-order valence-corrected chi connectivity index (χ4v) is 7.76. The lowest BCUT2D eigenvalue weighted by molar-refractivity contribution is -0.119. The smallest absolute Gasteiger partial charge is 0.481 e. The second-order valence-electron chi connectivity index (χ2n) is 14.0. The number of aromatic nitrogens is 3. The van der Waals surface area contributed by atoms with Crippen LogP contribution in [0.4, 0.5) is 10.5 Å². The van der Waals surface area contributed by atoms with Crippen LogP contribution in [0.3, 0.4) is 0 Å². The Balaban J connectivity index is 1.19. The molecule has 3 amide bonds. The molecular formula is C40H39ClN6O10. The Bertz CT molecular complexity index is 2620. The molecule has 0 saturated carbocycles. The number of amides is 3. The van der Waals surface area contributed by atoms with Crippen LogP contribution in [-0.4, -0.2) is 56.6 Å². The normalized spacial score (nSPS) is 15.9. The van der Waals surface area contributed by atoms with Crippen molar-refractivity contribution in [3.8, 4) is 28.3 Å². The Labute approximate surface area is 330 Å². The predicted octanol–water partition coefficient (Wildman–Crippen LogP) is 4.80. The number of pyridine rings is 1. The molecule has 1 saturated heterocycles. The molecule has 7 rings (SSSR count). The number of aryl methyl sites for hydroxylation is 3. The van der Waals surface area contributed by atoms with E-state index in [1.54, 1.807) is 17.0 Å². The van der Waals surface area contributed by atoms with Crippen LogP contribution in [0.2, 0.25) is 5.02 Å². The number of fused-ring (bicyclic) bond motifs is 1. The number of benzene rings is 2. The summed E-state index contributed by atoms with van der Waals surface area (Å²) in [5.74, 6) is -1.07. The summed E-state index contributed by atoms with van der Waals surface area (Å²) in [4.78, 5) is 82.0. The molecule has 296 valence electrons. The van der Waals surface area contributed by atoms with Gasteiger partial charge in [-0.3, -0.25) is 23.9 Å². The third-order valence-corrected chi connectivity index (χ3v) is 10.8. The molecule has 0 spiro atoms. The maximum atomic E-state index is 13.8. The molecule has 5 aromatic rings. The number of hydrogen-bond acceptors (Lipinski definition) is 11. The van der Waals surface area contributed by atoms with Crippen molar-refractivity contribution in [1.29, 1.82) is 0 Å². The molecule has 17 heteroatoms. The van der Waals surface area contributed by atoms with Crippen molar-refractivity contribution >= 4 is 35.2 Å². The van der Waals surface area contributed by atoms with Crippen molar-refractivity contribution in [3.05, 3.63) is 119 Å². The number of methoxy groups -OCH3 is 1. The molecular weight excluding hydrogens is 760 g/mol. The molecule has 16 nitrogen and oxygen atoms in total. The Hall–Kier alpha value is -6.42. The molecule has 57 heavy (non-hydrogen) atoms. The highest BCUT2D eigenvalue weighted by Crippen LogP contribution is 2.45. The lowest BCUT2D eigenvalue weighted by Crippen LogP contribution is -2.43. The van der Waals surface area contributed by atoms with E-state index in [0.29, 0.717) is 70.2 Å². The average molecular weight is 799 g/mol. The highest BCUT2D eigenvalue weighted by Gasteiger charge is 2.38. The second kappa shape index (κ2) is 15.6. The Morgan fingerprint density at radius 3 is 2.46 bits per heavy atom. The van der Waals surface area contributed by atoms with E-state index in [9.17, 15) is 28.8 Å². The molecule has 4 heterocycles. The summed E-state index contributed by atoms with van der Waals surface area (Å²) in [5, 5.41) is 6.12. The number of rotatable bonds is 10. The highest BCUT2D eigenvalue weighted by atomic mass is 35.5. The molecule has 1 fully saturated rings. The van der Waals surface area contributed by atoms with E-state index in [2.05, 4.69) is 10.6 Å². The van der Waals surface area contributed by atoms with Gasteiger partial charge in [-0.2, -0.15) is 0 Å². The van der Waals surface area contributed by atoms with Gasteiger partial charge < -0.3 is 33.5 Å². The third kappa shape index (κ3) is 7.47. The first-order valence-corrected chi connectivity index (χ1v) is 18.5. The van der Waals surface area contributed by atoms with Gasteiger partial charge in [0.1, 0.15) is 5.56 Å². The minimum Gasteiger partial charge on any atom is -0.481 e. The van der Waals surface area contributed by atoms with Gasteiger partial charge in [0.25, 0.3) is 11.5 Å². The Morgan fingerprint density at radius 2 is 1.75 bits per heavy atom. The number of carbonyl (C=O) groups excluding carboxylic acids is 3. The number of nitrogens with zero attached hydrogens (tertiary/aromatic N) is 4. The van der Waals surface area contributed by atoms with Gasteiger partial charge in [-0.15, -0.1) is 0 Å². The van der Waals surface area contributed by atoms with Crippen molar-refractivity contribution < 1.29 is 32.7 Å². The van der Waals surface area contributed by atoms with Gasteiger partial charge in [0, 0.05) is 61.7 Å². The number of ether oxygens (including phenoxy) is 2. The summed E-state index contributed by atoms with van der Waals surface area (Å²) < 4.78 is 23.4. The van der Waals surface area contributed by atoms with Gasteiger partial charge in [0.2, 0.25) is 11.8 Å². The molecule has 1 unspecified atom stereocenters.